The minimum atomic E-state index is 0.429. The fraction of sp³-hybridized carbons (Fsp3) is 0.211. The van der Waals surface area contributed by atoms with E-state index in [1.54, 1.807) is 0 Å². The molecule has 3 heteroatoms. The zero-order valence-corrected chi connectivity index (χ0v) is 13.6. The van der Waals surface area contributed by atoms with E-state index in [0.29, 0.717) is 10.9 Å². The molecular formula is C19H19ClN2. The molecule has 1 N–H and O–H groups in total. The van der Waals surface area contributed by atoms with Crippen LogP contribution in [0.3, 0.4) is 0 Å². The van der Waals surface area contributed by atoms with Gasteiger partial charge in [0.05, 0.1) is 5.52 Å². The van der Waals surface area contributed by atoms with Crippen molar-refractivity contribution in [1.29, 1.82) is 0 Å². The molecule has 1 atom stereocenters. The molecule has 1 unspecified atom stereocenters. The number of aromatic nitrogens is 1. The van der Waals surface area contributed by atoms with Gasteiger partial charge in [-0.2, -0.15) is 0 Å². The quantitative estimate of drug-likeness (QED) is 0.696. The molecule has 0 bridgehead atoms. The molecule has 1 aromatic heterocycles. The Kier molecular flexibility index (Phi) is 4.30. The first-order valence-corrected chi connectivity index (χ1v) is 7.87. The summed E-state index contributed by atoms with van der Waals surface area (Å²) in [5.74, 6) is 1.33. The largest absolute Gasteiger partial charge is 0.369 e. The van der Waals surface area contributed by atoms with Crippen molar-refractivity contribution in [2.75, 3.05) is 11.9 Å². The van der Waals surface area contributed by atoms with Gasteiger partial charge in [-0.1, -0.05) is 54.9 Å². The first-order chi connectivity index (χ1) is 10.6. The Morgan fingerprint density at radius 3 is 2.64 bits per heavy atom. The number of benzene rings is 2. The van der Waals surface area contributed by atoms with Gasteiger partial charge in [-0.25, -0.2) is 4.98 Å². The molecule has 3 rings (SSSR count). The highest BCUT2D eigenvalue weighted by atomic mass is 35.5. The van der Waals surface area contributed by atoms with Crippen LogP contribution in [0.15, 0.2) is 54.6 Å². The Morgan fingerprint density at radius 1 is 1.09 bits per heavy atom. The summed E-state index contributed by atoms with van der Waals surface area (Å²) in [6.45, 7) is 5.17. The topological polar surface area (TPSA) is 24.9 Å². The van der Waals surface area contributed by atoms with Crippen molar-refractivity contribution in [3.8, 4) is 0 Å². The summed E-state index contributed by atoms with van der Waals surface area (Å²) in [5.41, 5.74) is 3.47. The van der Waals surface area contributed by atoms with Crippen LogP contribution in [0.1, 0.15) is 24.0 Å². The summed E-state index contributed by atoms with van der Waals surface area (Å²) in [4.78, 5) is 4.67. The average molecular weight is 311 g/mol. The molecule has 3 aromatic rings. The predicted molar refractivity (Wildman–Crippen MR) is 94.8 cm³/mol. The van der Waals surface area contributed by atoms with Crippen molar-refractivity contribution in [2.24, 2.45) is 0 Å². The molecule has 0 aliphatic heterocycles. The molecule has 112 valence electrons. The monoisotopic (exact) mass is 310 g/mol. The number of hydrogen-bond acceptors (Lipinski definition) is 2. The second kappa shape index (κ2) is 6.37. The molecule has 2 aromatic carbocycles. The van der Waals surface area contributed by atoms with Crippen LogP contribution in [0, 0.1) is 6.92 Å². The number of nitrogens with one attached hydrogen (secondary N) is 1. The van der Waals surface area contributed by atoms with E-state index >= 15 is 0 Å². The van der Waals surface area contributed by atoms with E-state index in [-0.39, 0.29) is 0 Å². The molecule has 22 heavy (non-hydrogen) atoms. The summed E-state index contributed by atoms with van der Waals surface area (Å²) >= 11 is 6.07. The third kappa shape index (κ3) is 3.23. The van der Waals surface area contributed by atoms with Crippen molar-refractivity contribution >= 4 is 28.3 Å². The van der Waals surface area contributed by atoms with Crippen LogP contribution in [-0.2, 0) is 0 Å². The summed E-state index contributed by atoms with van der Waals surface area (Å²) < 4.78 is 0. The second-order valence-corrected chi connectivity index (χ2v) is 6.11. The number of fused-ring (bicyclic) bond motifs is 1. The van der Waals surface area contributed by atoms with Crippen LogP contribution in [0.2, 0.25) is 5.02 Å². The molecule has 0 saturated heterocycles. The first kappa shape index (κ1) is 14.9. The van der Waals surface area contributed by atoms with E-state index in [4.69, 9.17) is 11.6 Å². The highest BCUT2D eigenvalue weighted by molar-refractivity contribution is 6.31. The van der Waals surface area contributed by atoms with E-state index in [1.807, 2.05) is 24.3 Å². The summed E-state index contributed by atoms with van der Waals surface area (Å²) in [6.07, 6.45) is 0. The molecule has 0 fully saturated rings. The molecule has 0 radical (unpaired) electrons. The molecule has 0 aliphatic carbocycles. The van der Waals surface area contributed by atoms with E-state index in [9.17, 15) is 0 Å². The number of nitrogens with zero attached hydrogens (tertiary/aromatic N) is 1. The second-order valence-electron chi connectivity index (χ2n) is 5.68. The normalized spacial score (nSPS) is 12.3. The first-order valence-electron chi connectivity index (χ1n) is 7.49. The van der Waals surface area contributed by atoms with Gasteiger partial charge in [0.1, 0.15) is 5.82 Å². The lowest BCUT2D eigenvalue weighted by Crippen LogP contribution is -2.11. The highest BCUT2D eigenvalue weighted by Gasteiger charge is 2.07. The lowest BCUT2D eigenvalue weighted by molar-refractivity contribution is 0.802. The molecule has 0 saturated carbocycles. The van der Waals surface area contributed by atoms with Crippen LogP contribution in [-0.4, -0.2) is 11.5 Å². The molecule has 1 heterocycles. The SMILES string of the molecule is Cc1cc(NCC(C)c2ccccc2)nc2cc(Cl)ccc12. The minimum Gasteiger partial charge on any atom is -0.369 e. The van der Waals surface area contributed by atoms with Gasteiger partial charge in [0.25, 0.3) is 0 Å². The summed E-state index contributed by atoms with van der Waals surface area (Å²) in [7, 11) is 0. The Balaban J connectivity index is 1.79. The van der Waals surface area contributed by atoms with Crippen molar-refractivity contribution in [1.82, 2.24) is 4.98 Å². The third-order valence-corrected chi connectivity index (χ3v) is 4.17. The number of aryl methyl sites for hydroxylation is 1. The van der Waals surface area contributed by atoms with Gasteiger partial charge < -0.3 is 5.32 Å². The van der Waals surface area contributed by atoms with Crippen LogP contribution in [0.5, 0.6) is 0 Å². The Bertz CT molecular complexity index is 784. The van der Waals surface area contributed by atoms with Crippen molar-refractivity contribution < 1.29 is 0 Å². The summed E-state index contributed by atoms with van der Waals surface area (Å²) in [5, 5.41) is 5.30. The smallest absolute Gasteiger partial charge is 0.126 e. The van der Waals surface area contributed by atoms with Gasteiger partial charge in [0.2, 0.25) is 0 Å². The van der Waals surface area contributed by atoms with Gasteiger partial charge in [-0.05, 0) is 42.2 Å². The van der Waals surface area contributed by atoms with Gasteiger partial charge in [0, 0.05) is 17.0 Å². The van der Waals surface area contributed by atoms with Gasteiger partial charge in [0.15, 0.2) is 0 Å². The van der Waals surface area contributed by atoms with Gasteiger partial charge in [-0.3, -0.25) is 0 Å². The minimum absolute atomic E-state index is 0.429. The van der Waals surface area contributed by atoms with Crippen molar-refractivity contribution in [3.63, 3.8) is 0 Å². The summed E-state index contributed by atoms with van der Waals surface area (Å²) in [6, 6.07) is 18.4. The molecule has 0 amide bonds. The number of rotatable bonds is 4. The van der Waals surface area contributed by atoms with E-state index in [2.05, 4.69) is 54.5 Å². The standard InChI is InChI=1S/C19H19ClN2/c1-13-10-19(22-18-11-16(20)8-9-17(13)18)21-12-14(2)15-6-4-3-5-7-15/h3-11,14H,12H2,1-2H3,(H,21,22). The van der Waals surface area contributed by atoms with E-state index in [0.717, 1.165) is 23.3 Å². The van der Waals surface area contributed by atoms with Gasteiger partial charge in [-0.15, -0.1) is 0 Å². The fourth-order valence-corrected chi connectivity index (χ4v) is 2.79. The zero-order valence-electron chi connectivity index (χ0n) is 12.8. The maximum atomic E-state index is 6.07. The van der Waals surface area contributed by atoms with Crippen LogP contribution in [0.25, 0.3) is 10.9 Å². The number of halogens is 1. The van der Waals surface area contributed by atoms with E-state index < -0.39 is 0 Å². The molecular weight excluding hydrogens is 292 g/mol. The van der Waals surface area contributed by atoms with Crippen molar-refractivity contribution in [3.05, 3.63) is 70.7 Å². The number of hydrogen-bond donors (Lipinski definition) is 1. The van der Waals surface area contributed by atoms with Crippen molar-refractivity contribution in [2.45, 2.75) is 19.8 Å². The molecule has 2 nitrogen and oxygen atoms in total. The Morgan fingerprint density at radius 2 is 1.86 bits per heavy atom. The average Bonchev–Trinajstić information content (AvgIpc) is 2.53. The molecule has 0 aliphatic rings. The van der Waals surface area contributed by atoms with Crippen LogP contribution < -0.4 is 5.32 Å². The van der Waals surface area contributed by atoms with Gasteiger partial charge >= 0.3 is 0 Å². The molecule has 0 spiro atoms. The van der Waals surface area contributed by atoms with Crippen LogP contribution in [0.4, 0.5) is 5.82 Å². The lowest BCUT2D eigenvalue weighted by atomic mass is 10.0. The predicted octanol–water partition coefficient (Wildman–Crippen LogP) is 5.41. The maximum Gasteiger partial charge on any atom is 0.126 e. The number of anilines is 1. The maximum absolute atomic E-state index is 6.07. The lowest BCUT2D eigenvalue weighted by Gasteiger charge is -2.14. The third-order valence-electron chi connectivity index (χ3n) is 3.94. The highest BCUT2D eigenvalue weighted by Crippen LogP contribution is 2.24. The van der Waals surface area contributed by atoms with Crippen LogP contribution >= 0.6 is 11.6 Å². The zero-order chi connectivity index (χ0) is 15.5. The Hall–Kier alpha value is -2.06. The van der Waals surface area contributed by atoms with E-state index in [1.165, 1.54) is 11.1 Å². The Labute approximate surface area is 136 Å². The number of pyridine rings is 1. The fourth-order valence-electron chi connectivity index (χ4n) is 2.62.